The maximum absolute atomic E-state index is 12.5. The highest BCUT2D eigenvalue weighted by atomic mass is 16.2. The van der Waals surface area contributed by atoms with Crippen molar-refractivity contribution in [3.05, 3.63) is 29.3 Å². The van der Waals surface area contributed by atoms with E-state index in [2.05, 4.69) is 54.1 Å². The van der Waals surface area contributed by atoms with Crippen LogP contribution in [-0.2, 0) is 17.6 Å². The van der Waals surface area contributed by atoms with Gasteiger partial charge in [0.2, 0.25) is 5.91 Å². The van der Waals surface area contributed by atoms with Crippen LogP contribution in [0.4, 0.5) is 5.69 Å². The smallest absolute Gasteiger partial charge is 0.238 e. The van der Waals surface area contributed by atoms with Crippen molar-refractivity contribution in [3.8, 4) is 0 Å². The Morgan fingerprint density at radius 3 is 2.09 bits per heavy atom. The molecule has 1 aromatic rings. The number of aryl methyl sites for hydroxylation is 2. The van der Waals surface area contributed by atoms with Crippen LogP contribution in [0.1, 0.15) is 38.3 Å². The fraction of sp³-hybridized carbons (Fsp3) is 0.632. The summed E-state index contributed by atoms with van der Waals surface area (Å²) in [6.45, 7) is 12.3. The lowest BCUT2D eigenvalue weighted by Gasteiger charge is -2.34. The van der Waals surface area contributed by atoms with Crippen molar-refractivity contribution >= 4 is 11.6 Å². The molecule has 0 atom stereocenters. The van der Waals surface area contributed by atoms with E-state index in [-0.39, 0.29) is 5.91 Å². The first-order valence-corrected chi connectivity index (χ1v) is 9.03. The average molecular weight is 317 g/mol. The van der Waals surface area contributed by atoms with E-state index in [9.17, 15) is 4.79 Å². The van der Waals surface area contributed by atoms with E-state index in [1.807, 2.05) is 0 Å². The summed E-state index contributed by atoms with van der Waals surface area (Å²) >= 11 is 0. The largest absolute Gasteiger partial charge is 0.324 e. The van der Waals surface area contributed by atoms with Crippen LogP contribution in [-0.4, -0.2) is 55.0 Å². The monoisotopic (exact) mass is 317 g/mol. The van der Waals surface area contributed by atoms with Gasteiger partial charge >= 0.3 is 0 Å². The molecule has 1 fully saturated rings. The van der Waals surface area contributed by atoms with Crippen LogP contribution in [0.5, 0.6) is 0 Å². The SMILES string of the molecule is CCCN1CCN(CC(=O)Nc2c(CC)cccc2CC)CC1. The van der Waals surface area contributed by atoms with Gasteiger partial charge in [-0.05, 0) is 36.9 Å². The van der Waals surface area contributed by atoms with Crippen LogP contribution in [0.2, 0.25) is 0 Å². The summed E-state index contributed by atoms with van der Waals surface area (Å²) in [6.07, 6.45) is 3.09. The number of hydrogen-bond acceptors (Lipinski definition) is 3. The molecular formula is C19H31N3O. The summed E-state index contributed by atoms with van der Waals surface area (Å²) in [4.78, 5) is 17.2. The third kappa shape index (κ3) is 5.05. The molecule has 0 unspecified atom stereocenters. The molecule has 0 radical (unpaired) electrons. The molecule has 1 aliphatic heterocycles. The normalized spacial score (nSPS) is 16.5. The minimum absolute atomic E-state index is 0.115. The summed E-state index contributed by atoms with van der Waals surface area (Å²) in [5, 5.41) is 3.17. The van der Waals surface area contributed by atoms with Crippen LogP contribution in [0.25, 0.3) is 0 Å². The molecule has 0 aliphatic carbocycles. The number of carbonyl (C=O) groups excluding carboxylic acids is 1. The molecule has 0 bridgehead atoms. The lowest BCUT2D eigenvalue weighted by Crippen LogP contribution is -2.48. The van der Waals surface area contributed by atoms with Crippen molar-refractivity contribution in [3.63, 3.8) is 0 Å². The Morgan fingerprint density at radius 2 is 1.57 bits per heavy atom. The number of anilines is 1. The van der Waals surface area contributed by atoms with Crippen LogP contribution < -0.4 is 5.32 Å². The molecule has 4 heteroatoms. The van der Waals surface area contributed by atoms with Gasteiger partial charge < -0.3 is 10.2 Å². The lowest BCUT2D eigenvalue weighted by atomic mass is 10.0. The molecule has 1 saturated heterocycles. The minimum atomic E-state index is 0.115. The fourth-order valence-electron chi connectivity index (χ4n) is 3.27. The predicted octanol–water partition coefficient (Wildman–Crippen LogP) is 2.78. The summed E-state index contributed by atoms with van der Waals surface area (Å²) < 4.78 is 0. The third-order valence-electron chi connectivity index (χ3n) is 4.64. The van der Waals surface area contributed by atoms with Crippen LogP contribution >= 0.6 is 0 Å². The Hall–Kier alpha value is -1.39. The van der Waals surface area contributed by atoms with Gasteiger partial charge in [-0.25, -0.2) is 0 Å². The van der Waals surface area contributed by atoms with Crippen LogP contribution in [0.15, 0.2) is 18.2 Å². The van der Waals surface area contributed by atoms with E-state index >= 15 is 0 Å². The number of amides is 1. The van der Waals surface area contributed by atoms with E-state index in [0.717, 1.165) is 44.7 Å². The molecular weight excluding hydrogens is 286 g/mol. The predicted molar refractivity (Wildman–Crippen MR) is 97.0 cm³/mol. The zero-order valence-corrected chi connectivity index (χ0v) is 14.9. The number of rotatable bonds is 7. The number of hydrogen-bond donors (Lipinski definition) is 1. The number of para-hydroxylation sites is 1. The van der Waals surface area contributed by atoms with E-state index in [1.165, 1.54) is 24.1 Å². The molecule has 128 valence electrons. The number of nitrogens with one attached hydrogen (secondary N) is 1. The van der Waals surface area contributed by atoms with Gasteiger partial charge in [0.15, 0.2) is 0 Å². The maximum atomic E-state index is 12.5. The molecule has 4 nitrogen and oxygen atoms in total. The Balaban J connectivity index is 1.91. The highest BCUT2D eigenvalue weighted by molar-refractivity contribution is 5.93. The Morgan fingerprint density at radius 1 is 1.00 bits per heavy atom. The summed E-state index contributed by atoms with van der Waals surface area (Å²) in [6, 6.07) is 6.30. The fourth-order valence-corrected chi connectivity index (χ4v) is 3.27. The maximum Gasteiger partial charge on any atom is 0.238 e. The third-order valence-corrected chi connectivity index (χ3v) is 4.64. The average Bonchev–Trinajstić information content (AvgIpc) is 2.57. The van der Waals surface area contributed by atoms with Crippen molar-refractivity contribution < 1.29 is 4.79 Å². The van der Waals surface area contributed by atoms with Gasteiger partial charge in [0.1, 0.15) is 0 Å². The van der Waals surface area contributed by atoms with Gasteiger partial charge in [-0.2, -0.15) is 0 Å². The van der Waals surface area contributed by atoms with Gasteiger partial charge in [-0.15, -0.1) is 0 Å². The second kappa shape index (κ2) is 9.04. The number of carbonyl (C=O) groups is 1. The van der Waals surface area contributed by atoms with Crippen molar-refractivity contribution in [1.29, 1.82) is 0 Å². The molecule has 1 aromatic carbocycles. The van der Waals surface area contributed by atoms with Gasteiger partial charge in [0, 0.05) is 31.9 Å². The van der Waals surface area contributed by atoms with E-state index in [1.54, 1.807) is 0 Å². The highest BCUT2D eigenvalue weighted by Crippen LogP contribution is 2.22. The zero-order chi connectivity index (χ0) is 16.7. The second-order valence-electron chi connectivity index (χ2n) is 6.32. The minimum Gasteiger partial charge on any atom is -0.324 e. The summed E-state index contributed by atoms with van der Waals surface area (Å²) in [7, 11) is 0. The molecule has 1 N–H and O–H groups in total. The standard InChI is InChI=1S/C19H31N3O/c1-4-10-21-11-13-22(14-12-21)15-18(23)20-19-16(5-2)8-7-9-17(19)6-3/h7-9H,4-6,10-15H2,1-3H3,(H,20,23). The van der Waals surface area contributed by atoms with Gasteiger partial charge in [0.05, 0.1) is 6.54 Å². The molecule has 1 aliphatic rings. The summed E-state index contributed by atoms with van der Waals surface area (Å²) in [5.41, 5.74) is 3.49. The van der Waals surface area contributed by atoms with Crippen molar-refractivity contribution in [1.82, 2.24) is 9.80 Å². The van der Waals surface area contributed by atoms with Crippen molar-refractivity contribution in [2.75, 3.05) is 44.6 Å². The Bertz CT molecular complexity index is 485. The van der Waals surface area contributed by atoms with E-state index in [0.29, 0.717) is 6.54 Å². The number of piperazine rings is 1. The molecule has 0 spiro atoms. The molecule has 1 amide bonds. The van der Waals surface area contributed by atoms with Gasteiger partial charge in [-0.1, -0.05) is 39.0 Å². The first kappa shape index (κ1) is 18.0. The van der Waals surface area contributed by atoms with Crippen LogP contribution in [0, 0.1) is 0 Å². The van der Waals surface area contributed by atoms with Gasteiger partial charge in [0.25, 0.3) is 0 Å². The Labute approximate surface area is 140 Å². The van der Waals surface area contributed by atoms with Crippen molar-refractivity contribution in [2.24, 2.45) is 0 Å². The van der Waals surface area contributed by atoms with Crippen molar-refractivity contribution in [2.45, 2.75) is 40.0 Å². The highest BCUT2D eigenvalue weighted by Gasteiger charge is 2.19. The molecule has 1 heterocycles. The Kier molecular flexibility index (Phi) is 7.06. The number of benzene rings is 1. The van der Waals surface area contributed by atoms with Gasteiger partial charge in [-0.3, -0.25) is 9.69 Å². The summed E-state index contributed by atoms with van der Waals surface area (Å²) in [5.74, 6) is 0.115. The first-order valence-electron chi connectivity index (χ1n) is 9.03. The molecule has 23 heavy (non-hydrogen) atoms. The van der Waals surface area contributed by atoms with E-state index in [4.69, 9.17) is 0 Å². The van der Waals surface area contributed by atoms with E-state index < -0.39 is 0 Å². The lowest BCUT2D eigenvalue weighted by molar-refractivity contribution is -0.117. The molecule has 2 rings (SSSR count). The molecule has 0 saturated carbocycles. The zero-order valence-electron chi connectivity index (χ0n) is 14.9. The quantitative estimate of drug-likeness (QED) is 0.840. The number of nitrogens with zero attached hydrogens (tertiary/aromatic N) is 2. The molecule has 0 aromatic heterocycles. The second-order valence-corrected chi connectivity index (χ2v) is 6.32. The topological polar surface area (TPSA) is 35.6 Å². The first-order chi connectivity index (χ1) is 11.2. The van der Waals surface area contributed by atoms with Crippen LogP contribution in [0.3, 0.4) is 0 Å².